The molecule has 0 aromatic heterocycles. The minimum absolute atomic E-state index is 0.271. The summed E-state index contributed by atoms with van der Waals surface area (Å²) in [6, 6.07) is 5.34. The van der Waals surface area contributed by atoms with Gasteiger partial charge in [-0.1, -0.05) is 18.9 Å². The maximum Gasteiger partial charge on any atom is 0.129 e. The minimum Gasteiger partial charge on any atom is -0.496 e. The van der Waals surface area contributed by atoms with Gasteiger partial charge in [0.1, 0.15) is 11.5 Å². The molecule has 0 bridgehead atoms. The van der Waals surface area contributed by atoms with Crippen LogP contribution in [0.1, 0.15) is 43.2 Å². The third-order valence-corrected chi connectivity index (χ3v) is 6.12. The van der Waals surface area contributed by atoms with Crippen molar-refractivity contribution < 1.29 is 14.6 Å². The van der Waals surface area contributed by atoms with Gasteiger partial charge < -0.3 is 14.6 Å². The Bertz CT molecular complexity index is 587. The Morgan fingerprint density at radius 2 is 1.88 bits per heavy atom. The molecule has 3 rings (SSSR count). The first-order valence-corrected chi connectivity index (χ1v) is 9.97. The maximum absolute atomic E-state index is 9.55. The number of aliphatic hydroxyl groups excluding tert-OH is 1. The van der Waals surface area contributed by atoms with E-state index < -0.39 is 0 Å². The Morgan fingerprint density at radius 1 is 1.12 bits per heavy atom. The highest BCUT2D eigenvalue weighted by atomic mass is 16.5. The van der Waals surface area contributed by atoms with Gasteiger partial charge in [-0.15, -0.1) is 0 Å². The number of nitrogens with zero attached hydrogens (tertiary/aromatic N) is 2. The number of ether oxygens (including phenoxy) is 2. The highest BCUT2D eigenvalue weighted by Gasteiger charge is 2.33. The molecule has 146 valence electrons. The monoisotopic (exact) mass is 362 g/mol. The molecule has 1 saturated heterocycles. The summed E-state index contributed by atoms with van der Waals surface area (Å²) in [4.78, 5) is 5.19. The molecule has 1 saturated carbocycles. The summed E-state index contributed by atoms with van der Waals surface area (Å²) < 4.78 is 11.1. The van der Waals surface area contributed by atoms with Gasteiger partial charge >= 0.3 is 0 Å². The van der Waals surface area contributed by atoms with Crippen LogP contribution in [0.15, 0.2) is 12.1 Å². The Kier molecular flexibility index (Phi) is 6.79. The summed E-state index contributed by atoms with van der Waals surface area (Å²) in [5, 5.41) is 9.55. The first-order chi connectivity index (χ1) is 12.7. The van der Waals surface area contributed by atoms with Crippen LogP contribution in [0.3, 0.4) is 0 Å². The van der Waals surface area contributed by atoms with Crippen molar-refractivity contribution in [2.24, 2.45) is 0 Å². The van der Waals surface area contributed by atoms with E-state index in [1.807, 2.05) is 13.0 Å². The largest absolute Gasteiger partial charge is 0.496 e. The molecule has 1 heterocycles. The molecule has 1 aromatic rings. The number of benzene rings is 1. The average molecular weight is 363 g/mol. The third-order valence-electron chi connectivity index (χ3n) is 6.12. The zero-order valence-corrected chi connectivity index (χ0v) is 16.5. The molecule has 1 N–H and O–H groups in total. The average Bonchev–Trinajstić information content (AvgIpc) is 3.17. The van der Waals surface area contributed by atoms with Crippen LogP contribution in [0, 0.1) is 6.92 Å². The van der Waals surface area contributed by atoms with Gasteiger partial charge in [0.05, 0.1) is 14.2 Å². The second-order valence-electron chi connectivity index (χ2n) is 7.66. The fraction of sp³-hybridized carbons (Fsp3) is 0.714. The van der Waals surface area contributed by atoms with E-state index in [2.05, 4.69) is 15.9 Å². The van der Waals surface area contributed by atoms with Crippen molar-refractivity contribution in [3.63, 3.8) is 0 Å². The number of piperazine rings is 1. The number of rotatable bonds is 7. The predicted molar refractivity (Wildman–Crippen MR) is 104 cm³/mol. The Labute approximate surface area is 157 Å². The van der Waals surface area contributed by atoms with Crippen LogP contribution in [-0.2, 0) is 6.54 Å². The van der Waals surface area contributed by atoms with Crippen molar-refractivity contribution in [3.8, 4) is 11.5 Å². The van der Waals surface area contributed by atoms with Crippen LogP contribution < -0.4 is 9.47 Å². The zero-order valence-electron chi connectivity index (χ0n) is 16.5. The molecule has 5 nitrogen and oxygen atoms in total. The van der Waals surface area contributed by atoms with E-state index in [0.29, 0.717) is 6.04 Å². The second-order valence-corrected chi connectivity index (χ2v) is 7.66. The molecular formula is C21H34N2O3. The van der Waals surface area contributed by atoms with Gasteiger partial charge in [0, 0.05) is 56.0 Å². The van der Waals surface area contributed by atoms with Gasteiger partial charge in [-0.25, -0.2) is 0 Å². The molecule has 1 aliphatic carbocycles. The summed E-state index contributed by atoms with van der Waals surface area (Å²) in [5.74, 6) is 1.80. The van der Waals surface area contributed by atoms with E-state index in [-0.39, 0.29) is 6.61 Å². The van der Waals surface area contributed by atoms with Crippen molar-refractivity contribution in [2.75, 3.05) is 40.5 Å². The summed E-state index contributed by atoms with van der Waals surface area (Å²) in [7, 11) is 3.43. The lowest BCUT2D eigenvalue weighted by Gasteiger charge is -2.44. The van der Waals surface area contributed by atoms with Gasteiger partial charge in [-0.2, -0.15) is 0 Å². The van der Waals surface area contributed by atoms with Crippen molar-refractivity contribution >= 4 is 0 Å². The third kappa shape index (κ3) is 4.16. The number of aliphatic hydroxyl groups is 1. The van der Waals surface area contributed by atoms with Gasteiger partial charge in [0.2, 0.25) is 0 Å². The number of hydrogen-bond donors (Lipinski definition) is 1. The number of hydrogen-bond acceptors (Lipinski definition) is 5. The van der Waals surface area contributed by atoms with Gasteiger partial charge in [-0.05, 0) is 32.3 Å². The Balaban J connectivity index is 1.70. The SMILES string of the molecule is COc1ccc(CN2CCN(C3CCCC3)[C@H](CCO)C2)c(OC)c1C. The van der Waals surface area contributed by atoms with E-state index in [1.165, 1.54) is 31.2 Å². The molecular weight excluding hydrogens is 328 g/mol. The van der Waals surface area contributed by atoms with E-state index >= 15 is 0 Å². The lowest BCUT2D eigenvalue weighted by molar-refractivity contribution is 0.0264. The molecule has 2 fully saturated rings. The second kappa shape index (κ2) is 9.07. The minimum atomic E-state index is 0.271. The van der Waals surface area contributed by atoms with Crippen LogP contribution in [-0.4, -0.2) is 67.5 Å². The highest BCUT2D eigenvalue weighted by Crippen LogP contribution is 2.33. The molecule has 1 atom stereocenters. The molecule has 1 aliphatic heterocycles. The summed E-state index contributed by atoms with van der Waals surface area (Å²) in [6.45, 7) is 6.40. The molecule has 2 aliphatic rings. The summed E-state index contributed by atoms with van der Waals surface area (Å²) in [6.07, 6.45) is 6.24. The van der Waals surface area contributed by atoms with Crippen LogP contribution in [0.2, 0.25) is 0 Å². The topological polar surface area (TPSA) is 45.2 Å². The van der Waals surface area contributed by atoms with Crippen LogP contribution in [0.4, 0.5) is 0 Å². The Hall–Kier alpha value is -1.30. The first kappa shape index (κ1) is 19.5. The number of methoxy groups -OCH3 is 2. The quantitative estimate of drug-likeness (QED) is 0.808. The standard InChI is InChI=1S/C21H34N2O3/c1-16-20(25-2)9-8-17(21(16)26-3)14-22-11-12-23(18-6-4-5-7-18)19(15-22)10-13-24/h8-9,18-19,24H,4-7,10-15H2,1-3H3/t19-/m1/s1. The van der Waals surface area contributed by atoms with E-state index in [0.717, 1.165) is 55.7 Å². The van der Waals surface area contributed by atoms with Gasteiger partial charge in [-0.3, -0.25) is 9.80 Å². The molecule has 0 radical (unpaired) electrons. The molecule has 5 heteroatoms. The predicted octanol–water partition coefficient (Wildman–Crippen LogP) is 2.82. The summed E-state index contributed by atoms with van der Waals surface area (Å²) in [5.41, 5.74) is 2.27. The van der Waals surface area contributed by atoms with Crippen molar-refractivity contribution in [2.45, 2.75) is 57.7 Å². The lowest BCUT2D eigenvalue weighted by Crippen LogP contribution is -2.56. The van der Waals surface area contributed by atoms with Crippen molar-refractivity contribution in [1.82, 2.24) is 9.80 Å². The van der Waals surface area contributed by atoms with Crippen molar-refractivity contribution in [3.05, 3.63) is 23.3 Å². The van der Waals surface area contributed by atoms with E-state index in [1.54, 1.807) is 14.2 Å². The highest BCUT2D eigenvalue weighted by molar-refractivity contribution is 5.49. The molecule has 0 amide bonds. The maximum atomic E-state index is 9.55. The van der Waals surface area contributed by atoms with Crippen molar-refractivity contribution in [1.29, 1.82) is 0 Å². The Morgan fingerprint density at radius 3 is 2.54 bits per heavy atom. The van der Waals surface area contributed by atoms with E-state index in [9.17, 15) is 5.11 Å². The molecule has 26 heavy (non-hydrogen) atoms. The van der Waals surface area contributed by atoms with E-state index in [4.69, 9.17) is 9.47 Å². The summed E-state index contributed by atoms with van der Waals surface area (Å²) >= 11 is 0. The zero-order chi connectivity index (χ0) is 18.5. The normalized spacial score (nSPS) is 22.7. The fourth-order valence-corrected chi connectivity index (χ4v) is 4.80. The smallest absolute Gasteiger partial charge is 0.129 e. The first-order valence-electron chi connectivity index (χ1n) is 9.97. The lowest BCUT2D eigenvalue weighted by atomic mass is 10.0. The molecule has 1 aromatic carbocycles. The van der Waals surface area contributed by atoms with Crippen LogP contribution in [0.5, 0.6) is 11.5 Å². The van der Waals surface area contributed by atoms with Gasteiger partial charge in [0.15, 0.2) is 0 Å². The van der Waals surface area contributed by atoms with Crippen LogP contribution >= 0.6 is 0 Å². The van der Waals surface area contributed by atoms with Crippen LogP contribution in [0.25, 0.3) is 0 Å². The molecule has 0 unspecified atom stereocenters. The van der Waals surface area contributed by atoms with Gasteiger partial charge in [0.25, 0.3) is 0 Å². The fourth-order valence-electron chi connectivity index (χ4n) is 4.80. The molecule has 0 spiro atoms.